The fraction of sp³-hybridized carbons (Fsp3) is 0.588. The van der Waals surface area contributed by atoms with Gasteiger partial charge in [0.15, 0.2) is 0 Å². The predicted molar refractivity (Wildman–Crippen MR) is 85.4 cm³/mol. The zero-order valence-corrected chi connectivity index (χ0v) is 12.8. The Kier molecular flexibility index (Phi) is 4.44. The lowest BCUT2D eigenvalue weighted by atomic mass is 10.1. The third-order valence-electron chi connectivity index (χ3n) is 4.64. The van der Waals surface area contributed by atoms with Crippen molar-refractivity contribution in [1.82, 2.24) is 10.2 Å². The standard InChI is InChI=1S/C17H25N3O/c1-14(17(21)19-10-5-2-6-11-19)20-12-9-18-13-15-7-3-4-8-16(15)20/h3-4,7-8,14,18H,2,5-6,9-13H2,1H3. The van der Waals surface area contributed by atoms with Crippen molar-refractivity contribution in [2.24, 2.45) is 0 Å². The lowest BCUT2D eigenvalue weighted by Crippen LogP contribution is -2.49. The van der Waals surface area contributed by atoms with Crippen LogP contribution in [0.5, 0.6) is 0 Å². The number of piperidine rings is 1. The number of anilines is 1. The quantitative estimate of drug-likeness (QED) is 0.903. The highest BCUT2D eigenvalue weighted by Crippen LogP contribution is 2.25. The van der Waals surface area contributed by atoms with Gasteiger partial charge in [-0.3, -0.25) is 4.79 Å². The number of hydrogen-bond acceptors (Lipinski definition) is 3. The van der Waals surface area contributed by atoms with Crippen molar-refractivity contribution in [3.63, 3.8) is 0 Å². The van der Waals surface area contributed by atoms with Gasteiger partial charge in [-0.25, -0.2) is 0 Å². The van der Waals surface area contributed by atoms with Crippen molar-refractivity contribution in [2.75, 3.05) is 31.1 Å². The van der Waals surface area contributed by atoms with E-state index in [1.807, 2.05) is 0 Å². The average Bonchev–Trinajstić information content (AvgIpc) is 2.77. The molecular weight excluding hydrogens is 262 g/mol. The van der Waals surface area contributed by atoms with Gasteiger partial charge in [-0.15, -0.1) is 0 Å². The highest BCUT2D eigenvalue weighted by atomic mass is 16.2. The highest BCUT2D eigenvalue weighted by molar-refractivity contribution is 5.85. The van der Waals surface area contributed by atoms with Crippen LogP contribution in [0.2, 0.25) is 0 Å². The summed E-state index contributed by atoms with van der Waals surface area (Å²) < 4.78 is 0. The Morgan fingerprint density at radius 2 is 1.90 bits per heavy atom. The summed E-state index contributed by atoms with van der Waals surface area (Å²) in [5, 5.41) is 3.44. The summed E-state index contributed by atoms with van der Waals surface area (Å²) in [4.78, 5) is 17.1. The normalized spacial score (nSPS) is 20.6. The molecule has 1 unspecified atom stereocenters. The van der Waals surface area contributed by atoms with Gasteiger partial charge in [0.05, 0.1) is 0 Å². The fourth-order valence-electron chi connectivity index (χ4n) is 3.40. The van der Waals surface area contributed by atoms with E-state index in [1.54, 1.807) is 0 Å². The topological polar surface area (TPSA) is 35.6 Å². The summed E-state index contributed by atoms with van der Waals surface area (Å²) >= 11 is 0. The van der Waals surface area contributed by atoms with Crippen molar-refractivity contribution >= 4 is 11.6 Å². The predicted octanol–water partition coefficient (Wildman–Crippen LogP) is 2.00. The minimum Gasteiger partial charge on any atom is -0.358 e. The largest absolute Gasteiger partial charge is 0.358 e. The maximum absolute atomic E-state index is 12.8. The average molecular weight is 287 g/mol. The van der Waals surface area contributed by atoms with E-state index in [1.165, 1.54) is 17.7 Å². The van der Waals surface area contributed by atoms with Gasteiger partial charge in [0, 0.05) is 38.4 Å². The molecule has 2 heterocycles. The van der Waals surface area contributed by atoms with Crippen LogP contribution in [-0.2, 0) is 11.3 Å². The maximum atomic E-state index is 12.8. The van der Waals surface area contributed by atoms with Crippen molar-refractivity contribution < 1.29 is 4.79 Å². The summed E-state index contributed by atoms with van der Waals surface area (Å²) in [5.41, 5.74) is 2.49. The zero-order valence-electron chi connectivity index (χ0n) is 12.8. The summed E-state index contributed by atoms with van der Waals surface area (Å²) in [6.45, 7) is 6.61. The Hall–Kier alpha value is -1.55. The third kappa shape index (κ3) is 3.05. The SMILES string of the molecule is CC(C(=O)N1CCCCC1)N1CCNCc2ccccc21. The molecule has 1 aromatic carbocycles. The van der Waals surface area contributed by atoms with E-state index in [-0.39, 0.29) is 11.9 Å². The van der Waals surface area contributed by atoms with Crippen molar-refractivity contribution in [2.45, 2.75) is 38.8 Å². The number of nitrogens with one attached hydrogen (secondary N) is 1. The number of carbonyl (C=O) groups is 1. The van der Waals surface area contributed by atoms with E-state index in [4.69, 9.17) is 0 Å². The van der Waals surface area contributed by atoms with Gasteiger partial charge in [0.2, 0.25) is 5.91 Å². The first-order valence-electron chi connectivity index (χ1n) is 8.11. The highest BCUT2D eigenvalue weighted by Gasteiger charge is 2.28. The van der Waals surface area contributed by atoms with Gasteiger partial charge in [-0.1, -0.05) is 18.2 Å². The second-order valence-electron chi connectivity index (χ2n) is 6.06. The van der Waals surface area contributed by atoms with Gasteiger partial charge in [-0.2, -0.15) is 0 Å². The molecule has 2 aliphatic rings. The third-order valence-corrected chi connectivity index (χ3v) is 4.64. The molecule has 1 saturated heterocycles. The number of fused-ring (bicyclic) bond motifs is 1. The molecule has 1 atom stereocenters. The molecule has 1 fully saturated rings. The Bertz CT molecular complexity index is 497. The van der Waals surface area contributed by atoms with Gasteiger partial charge in [0.25, 0.3) is 0 Å². The van der Waals surface area contributed by atoms with Crippen LogP contribution >= 0.6 is 0 Å². The first kappa shape index (κ1) is 14.4. The first-order chi connectivity index (χ1) is 10.3. The lowest BCUT2D eigenvalue weighted by molar-refractivity contribution is -0.133. The molecule has 0 aliphatic carbocycles. The fourth-order valence-corrected chi connectivity index (χ4v) is 3.40. The number of benzene rings is 1. The molecule has 21 heavy (non-hydrogen) atoms. The van der Waals surface area contributed by atoms with Crippen LogP contribution in [0.3, 0.4) is 0 Å². The van der Waals surface area contributed by atoms with Crippen molar-refractivity contribution in [3.05, 3.63) is 29.8 Å². The molecule has 2 aliphatic heterocycles. The van der Waals surface area contributed by atoms with Crippen LogP contribution in [-0.4, -0.2) is 43.0 Å². The summed E-state index contributed by atoms with van der Waals surface area (Å²) in [6.07, 6.45) is 3.56. The maximum Gasteiger partial charge on any atom is 0.244 e. The van der Waals surface area contributed by atoms with Gasteiger partial charge < -0.3 is 15.1 Å². The second-order valence-corrected chi connectivity index (χ2v) is 6.06. The van der Waals surface area contributed by atoms with E-state index in [9.17, 15) is 4.79 Å². The number of carbonyl (C=O) groups excluding carboxylic acids is 1. The van der Waals surface area contributed by atoms with Crippen molar-refractivity contribution in [3.8, 4) is 0 Å². The number of nitrogens with zero attached hydrogens (tertiary/aromatic N) is 2. The molecule has 0 aromatic heterocycles. The zero-order chi connectivity index (χ0) is 14.7. The molecule has 3 rings (SSSR count). The molecule has 4 heteroatoms. The van der Waals surface area contributed by atoms with Crippen LogP contribution in [0.4, 0.5) is 5.69 Å². The second kappa shape index (κ2) is 6.48. The number of rotatable bonds is 2. The molecule has 4 nitrogen and oxygen atoms in total. The number of likely N-dealkylation sites (tertiary alicyclic amines) is 1. The van der Waals surface area contributed by atoms with Crippen LogP contribution in [0.1, 0.15) is 31.7 Å². The van der Waals surface area contributed by atoms with E-state index in [0.717, 1.165) is 45.6 Å². The number of para-hydroxylation sites is 1. The first-order valence-corrected chi connectivity index (χ1v) is 8.11. The molecule has 0 radical (unpaired) electrons. The summed E-state index contributed by atoms with van der Waals surface area (Å²) in [6, 6.07) is 8.35. The summed E-state index contributed by atoms with van der Waals surface area (Å²) in [5.74, 6) is 0.284. The minimum atomic E-state index is -0.0795. The Labute approximate surface area is 127 Å². The van der Waals surface area contributed by atoms with E-state index < -0.39 is 0 Å². The van der Waals surface area contributed by atoms with Gasteiger partial charge >= 0.3 is 0 Å². The summed E-state index contributed by atoms with van der Waals surface area (Å²) in [7, 11) is 0. The monoisotopic (exact) mass is 287 g/mol. The van der Waals surface area contributed by atoms with Crippen LogP contribution in [0.15, 0.2) is 24.3 Å². The smallest absolute Gasteiger partial charge is 0.244 e. The number of amides is 1. The van der Waals surface area contributed by atoms with Crippen molar-refractivity contribution in [1.29, 1.82) is 0 Å². The minimum absolute atomic E-state index is 0.0795. The molecule has 1 amide bonds. The molecule has 0 saturated carbocycles. The van der Waals surface area contributed by atoms with E-state index in [0.29, 0.717) is 0 Å². The Balaban J connectivity index is 1.80. The Morgan fingerprint density at radius 3 is 2.71 bits per heavy atom. The number of hydrogen-bond donors (Lipinski definition) is 1. The van der Waals surface area contributed by atoms with Gasteiger partial charge in [-0.05, 0) is 37.8 Å². The molecular formula is C17H25N3O. The van der Waals surface area contributed by atoms with E-state index in [2.05, 4.69) is 46.3 Å². The molecule has 114 valence electrons. The molecule has 1 N–H and O–H groups in total. The molecule has 1 aromatic rings. The lowest BCUT2D eigenvalue weighted by Gasteiger charge is -2.35. The van der Waals surface area contributed by atoms with E-state index >= 15 is 0 Å². The van der Waals surface area contributed by atoms with Crippen LogP contribution < -0.4 is 10.2 Å². The Morgan fingerprint density at radius 1 is 1.14 bits per heavy atom. The molecule has 0 spiro atoms. The van der Waals surface area contributed by atoms with Crippen LogP contribution in [0, 0.1) is 0 Å². The van der Waals surface area contributed by atoms with Crippen LogP contribution in [0.25, 0.3) is 0 Å². The van der Waals surface area contributed by atoms with Gasteiger partial charge in [0.1, 0.15) is 6.04 Å². The molecule has 0 bridgehead atoms.